The van der Waals surface area contributed by atoms with Gasteiger partial charge in [-0.15, -0.1) is 0 Å². The van der Waals surface area contributed by atoms with Gasteiger partial charge in [0.25, 0.3) is 5.91 Å². The summed E-state index contributed by atoms with van der Waals surface area (Å²) in [4.78, 5) is 30.8. The molecule has 2 amide bonds. The first kappa shape index (κ1) is 14.0. The quantitative estimate of drug-likeness (QED) is 0.852. The standard InChI is InChI=1S/C16H21N3O2/c1-12-4-2-5-13(18-12)14(20)19-10-3-6-16(8-11-19)7-9-17-15(16)21/h2,4-5H,3,6-11H2,1H3,(H,17,21)/t16-/m1/s1. The van der Waals surface area contributed by atoms with Crippen LogP contribution in [-0.4, -0.2) is 41.3 Å². The number of aromatic nitrogens is 1. The van der Waals surface area contributed by atoms with Gasteiger partial charge in [0.15, 0.2) is 0 Å². The molecule has 0 bridgehead atoms. The lowest BCUT2D eigenvalue weighted by Crippen LogP contribution is -2.35. The zero-order chi connectivity index (χ0) is 14.9. The predicted molar refractivity (Wildman–Crippen MR) is 78.8 cm³/mol. The molecule has 1 aromatic rings. The van der Waals surface area contributed by atoms with Crippen LogP contribution >= 0.6 is 0 Å². The number of rotatable bonds is 1. The third-order valence-corrected chi connectivity index (χ3v) is 4.71. The molecular weight excluding hydrogens is 266 g/mol. The van der Waals surface area contributed by atoms with Gasteiger partial charge >= 0.3 is 0 Å². The minimum Gasteiger partial charge on any atom is -0.356 e. The Labute approximate surface area is 124 Å². The van der Waals surface area contributed by atoms with Crippen molar-refractivity contribution >= 4 is 11.8 Å². The lowest BCUT2D eigenvalue weighted by Gasteiger charge is -2.24. The highest BCUT2D eigenvalue weighted by molar-refractivity contribution is 5.92. The van der Waals surface area contributed by atoms with Gasteiger partial charge in [-0.05, 0) is 44.7 Å². The van der Waals surface area contributed by atoms with E-state index >= 15 is 0 Å². The van der Waals surface area contributed by atoms with Gasteiger partial charge in [0, 0.05) is 25.3 Å². The van der Waals surface area contributed by atoms with E-state index in [2.05, 4.69) is 10.3 Å². The van der Waals surface area contributed by atoms with Crippen LogP contribution in [0.4, 0.5) is 0 Å². The second-order valence-electron chi connectivity index (χ2n) is 6.10. The van der Waals surface area contributed by atoms with Gasteiger partial charge in [0.05, 0.1) is 5.41 Å². The highest BCUT2D eigenvalue weighted by atomic mass is 16.2. The zero-order valence-corrected chi connectivity index (χ0v) is 12.4. The number of nitrogens with one attached hydrogen (secondary N) is 1. The van der Waals surface area contributed by atoms with Gasteiger partial charge in [-0.1, -0.05) is 6.07 Å². The van der Waals surface area contributed by atoms with Crippen LogP contribution in [0.2, 0.25) is 0 Å². The van der Waals surface area contributed by atoms with E-state index in [4.69, 9.17) is 0 Å². The zero-order valence-electron chi connectivity index (χ0n) is 12.4. The Hall–Kier alpha value is -1.91. The fourth-order valence-corrected chi connectivity index (χ4v) is 3.41. The van der Waals surface area contributed by atoms with Crippen LogP contribution < -0.4 is 5.32 Å². The third kappa shape index (κ3) is 2.64. The molecule has 0 saturated carbocycles. The van der Waals surface area contributed by atoms with Crippen molar-refractivity contribution in [1.82, 2.24) is 15.2 Å². The minimum absolute atomic E-state index is 0.0193. The number of carbonyl (C=O) groups is 2. The number of hydrogen-bond donors (Lipinski definition) is 1. The van der Waals surface area contributed by atoms with Crippen LogP contribution in [0.3, 0.4) is 0 Å². The van der Waals surface area contributed by atoms with Crippen molar-refractivity contribution in [3.8, 4) is 0 Å². The molecule has 1 N–H and O–H groups in total. The van der Waals surface area contributed by atoms with E-state index in [-0.39, 0.29) is 17.2 Å². The number of carbonyl (C=O) groups excluding carboxylic acids is 2. The molecule has 1 aromatic heterocycles. The van der Waals surface area contributed by atoms with E-state index in [1.54, 1.807) is 6.07 Å². The van der Waals surface area contributed by atoms with Gasteiger partial charge in [0.1, 0.15) is 5.69 Å². The number of likely N-dealkylation sites (tertiary alicyclic amines) is 1. The Balaban J connectivity index is 1.73. The lowest BCUT2D eigenvalue weighted by atomic mass is 9.79. The van der Waals surface area contributed by atoms with E-state index < -0.39 is 0 Å². The van der Waals surface area contributed by atoms with Gasteiger partial charge in [0.2, 0.25) is 5.91 Å². The molecule has 0 aromatic carbocycles. The first-order valence-corrected chi connectivity index (χ1v) is 7.62. The molecule has 5 heteroatoms. The largest absolute Gasteiger partial charge is 0.356 e. The Bertz CT molecular complexity index is 572. The van der Waals surface area contributed by atoms with Crippen molar-refractivity contribution in [2.24, 2.45) is 5.41 Å². The number of hydrogen-bond acceptors (Lipinski definition) is 3. The molecule has 0 unspecified atom stereocenters. The SMILES string of the molecule is Cc1cccc(C(=O)N2CCC[C@@]3(CCNC3=O)CC2)n1. The maximum Gasteiger partial charge on any atom is 0.272 e. The maximum absolute atomic E-state index is 12.6. The predicted octanol–water partition coefficient (Wildman–Crippen LogP) is 1.52. The minimum atomic E-state index is -0.241. The summed E-state index contributed by atoms with van der Waals surface area (Å²) in [7, 11) is 0. The van der Waals surface area contributed by atoms with Crippen LogP contribution in [0.25, 0.3) is 0 Å². The summed E-state index contributed by atoms with van der Waals surface area (Å²) in [5.41, 5.74) is 1.11. The van der Waals surface area contributed by atoms with E-state index in [0.717, 1.165) is 37.9 Å². The molecule has 1 atom stereocenters. The molecular formula is C16H21N3O2. The summed E-state index contributed by atoms with van der Waals surface area (Å²) in [5.74, 6) is 0.152. The van der Waals surface area contributed by atoms with Crippen molar-refractivity contribution in [2.45, 2.75) is 32.6 Å². The average molecular weight is 287 g/mol. The summed E-state index contributed by atoms with van der Waals surface area (Å²) < 4.78 is 0. The third-order valence-electron chi connectivity index (χ3n) is 4.71. The van der Waals surface area contributed by atoms with Crippen molar-refractivity contribution in [2.75, 3.05) is 19.6 Å². The highest BCUT2D eigenvalue weighted by Crippen LogP contribution is 2.38. The number of aryl methyl sites for hydroxylation is 1. The summed E-state index contributed by atoms with van der Waals surface area (Å²) in [6.07, 6.45) is 3.42. The second kappa shape index (κ2) is 5.47. The molecule has 3 heterocycles. The Kier molecular flexibility index (Phi) is 3.66. The van der Waals surface area contributed by atoms with E-state index in [9.17, 15) is 9.59 Å². The fraction of sp³-hybridized carbons (Fsp3) is 0.562. The number of nitrogens with zero attached hydrogens (tertiary/aromatic N) is 2. The van der Waals surface area contributed by atoms with Gasteiger partial charge in [-0.2, -0.15) is 0 Å². The molecule has 2 aliphatic heterocycles. The number of pyridine rings is 1. The maximum atomic E-state index is 12.6. The van der Waals surface area contributed by atoms with E-state index in [0.29, 0.717) is 18.8 Å². The van der Waals surface area contributed by atoms with Crippen molar-refractivity contribution in [3.05, 3.63) is 29.6 Å². The van der Waals surface area contributed by atoms with Crippen LogP contribution in [-0.2, 0) is 4.79 Å². The van der Waals surface area contributed by atoms with Gasteiger partial charge in [-0.3, -0.25) is 9.59 Å². The Morgan fingerprint density at radius 2 is 2.14 bits per heavy atom. The lowest BCUT2D eigenvalue weighted by molar-refractivity contribution is -0.128. The van der Waals surface area contributed by atoms with Crippen molar-refractivity contribution in [3.63, 3.8) is 0 Å². The van der Waals surface area contributed by atoms with Crippen LogP contribution in [0.5, 0.6) is 0 Å². The molecule has 21 heavy (non-hydrogen) atoms. The summed E-state index contributed by atoms with van der Waals surface area (Å²) >= 11 is 0. The molecule has 0 radical (unpaired) electrons. The van der Waals surface area contributed by atoms with Crippen LogP contribution in [0, 0.1) is 12.3 Å². The summed E-state index contributed by atoms with van der Waals surface area (Å²) in [6.45, 7) is 4.01. The highest BCUT2D eigenvalue weighted by Gasteiger charge is 2.43. The smallest absolute Gasteiger partial charge is 0.272 e. The average Bonchev–Trinajstić information content (AvgIpc) is 2.71. The monoisotopic (exact) mass is 287 g/mol. The first-order valence-electron chi connectivity index (χ1n) is 7.62. The topological polar surface area (TPSA) is 62.3 Å². The Morgan fingerprint density at radius 1 is 1.29 bits per heavy atom. The molecule has 5 nitrogen and oxygen atoms in total. The molecule has 1 spiro atoms. The van der Waals surface area contributed by atoms with Crippen molar-refractivity contribution < 1.29 is 9.59 Å². The first-order chi connectivity index (χ1) is 10.1. The van der Waals surface area contributed by atoms with Gasteiger partial charge < -0.3 is 10.2 Å². The molecule has 0 aliphatic carbocycles. The second-order valence-corrected chi connectivity index (χ2v) is 6.10. The van der Waals surface area contributed by atoms with E-state index in [1.165, 1.54) is 0 Å². The molecule has 2 aliphatic rings. The summed E-state index contributed by atoms with van der Waals surface area (Å²) in [6, 6.07) is 5.51. The van der Waals surface area contributed by atoms with Crippen LogP contribution in [0.1, 0.15) is 41.9 Å². The van der Waals surface area contributed by atoms with Gasteiger partial charge in [-0.25, -0.2) is 4.98 Å². The van der Waals surface area contributed by atoms with Crippen LogP contribution in [0.15, 0.2) is 18.2 Å². The molecule has 112 valence electrons. The molecule has 2 fully saturated rings. The molecule has 3 rings (SSSR count). The normalized spacial score (nSPS) is 25.8. The number of amides is 2. The fourth-order valence-electron chi connectivity index (χ4n) is 3.41. The molecule has 2 saturated heterocycles. The summed E-state index contributed by atoms with van der Waals surface area (Å²) in [5, 5.41) is 2.94. The van der Waals surface area contributed by atoms with E-state index in [1.807, 2.05) is 24.0 Å². The van der Waals surface area contributed by atoms with Crippen molar-refractivity contribution in [1.29, 1.82) is 0 Å². The Morgan fingerprint density at radius 3 is 2.86 bits per heavy atom.